The predicted molar refractivity (Wildman–Crippen MR) is 108 cm³/mol. The quantitative estimate of drug-likeness (QED) is 0.673. The van der Waals surface area contributed by atoms with Crippen molar-refractivity contribution in [2.24, 2.45) is 0 Å². The van der Waals surface area contributed by atoms with Crippen molar-refractivity contribution in [2.75, 3.05) is 6.54 Å². The molecule has 0 aliphatic heterocycles. The Balaban J connectivity index is 2.01. The van der Waals surface area contributed by atoms with E-state index in [2.05, 4.69) is 4.98 Å². The summed E-state index contributed by atoms with van der Waals surface area (Å²) in [6.07, 6.45) is 1.60. The van der Waals surface area contributed by atoms with Crippen molar-refractivity contribution >= 4 is 20.9 Å². The molecule has 2 aromatic carbocycles. The Morgan fingerprint density at radius 2 is 1.78 bits per heavy atom. The van der Waals surface area contributed by atoms with Gasteiger partial charge in [-0.25, -0.2) is 8.42 Å². The van der Waals surface area contributed by atoms with Gasteiger partial charge >= 0.3 is 0 Å². The molecule has 142 valence electrons. The van der Waals surface area contributed by atoms with Crippen LogP contribution < -0.4 is 5.56 Å². The molecule has 3 rings (SSSR count). The van der Waals surface area contributed by atoms with Gasteiger partial charge in [0.2, 0.25) is 10.0 Å². The molecule has 0 atom stereocenters. The molecule has 0 fully saturated rings. The minimum absolute atomic E-state index is 0.0520. The number of hydrogen-bond acceptors (Lipinski definition) is 3. The van der Waals surface area contributed by atoms with Crippen LogP contribution >= 0.6 is 0 Å². The number of pyridine rings is 1. The van der Waals surface area contributed by atoms with Crippen LogP contribution in [0.15, 0.2) is 64.3 Å². The first kappa shape index (κ1) is 19.3. The number of hydrogen-bond donors (Lipinski definition) is 1. The molecule has 27 heavy (non-hydrogen) atoms. The van der Waals surface area contributed by atoms with E-state index in [-0.39, 0.29) is 17.0 Å². The number of benzene rings is 2. The number of rotatable bonds is 7. The summed E-state index contributed by atoms with van der Waals surface area (Å²) in [5.41, 5.74) is 2.03. The summed E-state index contributed by atoms with van der Waals surface area (Å²) in [5, 5.41) is 0.900. The number of aromatic nitrogens is 1. The first-order valence-corrected chi connectivity index (χ1v) is 10.5. The zero-order valence-corrected chi connectivity index (χ0v) is 16.4. The van der Waals surface area contributed by atoms with Crippen LogP contribution in [0.3, 0.4) is 0 Å². The molecule has 0 saturated heterocycles. The highest BCUT2D eigenvalue weighted by Gasteiger charge is 2.25. The Bertz CT molecular complexity index is 1090. The van der Waals surface area contributed by atoms with E-state index in [0.717, 1.165) is 29.3 Å². The molecule has 0 amide bonds. The molecule has 1 N–H and O–H groups in total. The molecular formula is C21H24N2O3S. The number of unbranched alkanes of at least 4 members (excludes halogenated alkanes) is 1. The van der Waals surface area contributed by atoms with Crippen molar-refractivity contribution in [3.63, 3.8) is 0 Å². The smallest absolute Gasteiger partial charge is 0.252 e. The van der Waals surface area contributed by atoms with Crippen LogP contribution in [0.2, 0.25) is 0 Å². The maximum absolute atomic E-state index is 13.1. The van der Waals surface area contributed by atoms with Crippen LogP contribution in [-0.2, 0) is 16.6 Å². The van der Waals surface area contributed by atoms with Crippen LogP contribution in [0.25, 0.3) is 10.9 Å². The normalized spacial score (nSPS) is 12.0. The lowest BCUT2D eigenvalue weighted by Gasteiger charge is -2.22. The number of aryl methyl sites for hydroxylation is 1. The summed E-state index contributed by atoms with van der Waals surface area (Å²) in [5.74, 6) is 0. The summed E-state index contributed by atoms with van der Waals surface area (Å²) in [4.78, 5) is 15.6. The van der Waals surface area contributed by atoms with Gasteiger partial charge in [0, 0.05) is 24.2 Å². The zero-order chi connectivity index (χ0) is 19.4. The minimum atomic E-state index is -3.67. The third-order valence-electron chi connectivity index (χ3n) is 4.57. The topological polar surface area (TPSA) is 70.2 Å². The maximum atomic E-state index is 13.1. The second-order valence-electron chi connectivity index (χ2n) is 6.72. The van der Waals surface area contributed by atoms with Crippen molar-refractivity contribution in [3.8, 4) is 0 Å². The Hall–Kier alpha value is -2.44. The van der Waals surface area contributed by atoms with Crippen LogP contribution in [0.1, 0.15) is 30.9 Å². The Morgan fingerprint density at radius 3 is 2.48 bits per heavy atom. The molecule has 3 aromatic rings. The summed E-state index contributed by atoms with van der Waals surface area (Å²) in [6, 6.07) is 15.9. The SMILES string of the molecule is CCCCN(Cc1cc2cc(C)ccc2[nH]c1=O)S(=O)(=O)c1ccccc1. The Morgan fingerprint density at radius 1 is 1.04 bits per heavy atom. The number of H-pyrrole nitrogens is 1. The van der Waals surface area contributed by atoms with E-state index in [0.29, 0.717) is 12.1 Å². The number of fused-ring (bicyclic) bond motifs is 1. The number of nitrogens with zero attached hydrogens (tertiary/aromatic N) is 1. The molecule has 0 aliphatic rings. The van der Waals surface area contributed by atoms with Crippen LogP contribution in [0.5, 0.6) is 0 Å². The van der Waals surface area contributed by atoms with Gasteiger partial charge in [-0.2, -0.15) is 4.31 Å². The van der Waals surface area contributed by atoms with Crippen molar-refractivity contribution < 1.29 is 8.42 Å². The zero-order valence-electron chi connectivity index (χ0n) is 15.6. The first-order chi connectivity index (χ1) is 12.9. The van der Waals surface area contributed by atoms with Crippen molar-refractivity contribution in [1.29, 1.82) is 0 Å². The van der Waals surface area contributed by atoms with E-state index in [1.165, 1.54) is 4.31 Å². The van der Waals surface area contributed by atoms with E-state index in [4.69, 9.17) is 0 Å². The van der Waals surface area contributed by atoms with Crippen molar-refractivity contribution in [2.45, 2.75) is 38.1 Å². The molecule has 1 aromatic heterocycles. The summed E-state index contributed by atoms with van der Waals surface area (Å²) < 4.78 is 27.6. The summed E-state index contributed by atoms with van der Waals surface area (Å²) in [7, 11) is -3.67. The first-order valence-electron chi connectivity index (χ1n) is 9.09. The summed E-state index contributed by atoms with van der Waals surface area (Å²) >= 11 is 0. The van der Waals surface area contributed by atoms with E-state index in [1.807, 2.05) is 32.0 Å². The van der Waals surface area contributed by atoms with Crippen LogP contribution in [-0.4, -0.2) is 24.3 Å². The maximum Gasteiger partial charge on any atom is 0.252 e. The molecule has 0 aliphatic carbocycles. The largest absolute Gasteiger partial charge is 0.322 e. The van der Waals surface area contributed by atoms with Gasteiger partial charge in [-0.05, 0) is 49.1 Å². The van der Waals surface area contributed by atoms with E-state index in [1.54, 1.807) is 36.4 Å². The van der Waals surface area contributed by atoms with Gasteiger partial charge in [0.05, 0.1) is 4.90 Å². The standard InChI is InChI=1S/C21H24N2O3S/c1-3-4-12-23(27(25,26)19-8-6-5-7-9-19)15-18-14-17-13-16(2)10-11-20(17)22-21(18)24/h5-11,13-14H,3-4,12,15H2,1-2H3,(H,22,24). The molecule has 0 spiro atoms. The van der Waals surface area contributed by atoms with Gasteiger partial charge in [-0.15, -0.1) is 0 Å². The fourth-order valence-electron chi connectivity index (χ4n) is 3.04. The van der Waals surface area contributed by atoms with Gasteiger partial charge in [0.15, 0.2) is 0 Å². The Labute approximate surface area is 159 Å². The second-order valence-corrected chi connectivity index (χ2v) is 8.66. The van der Waals surface area contributed by atoms with Crippen LogP contribution in [0.4, 0.5) is 0 Å². The van der Waals surface area contributed by atoms with E-state index in [9.17, 15) is 13.2 Å². The number of aromatic amines is 1. The molecule has 0 unspecified atom stereocenters. The van der Waals surface area contributed by atoms with Gasteiger partial charge in [-0.3, -0.25) is 4.79 Å². The highest BCUT2D eigenvalue weighted by Crippen LogP contribution is 2.20. The van der Waals surface area contributed by atoms with Crippen molar-refractivity contribution in [3.05, 3.63) is 76.1 Å². The highest BCUT2D eigenvalue weighted by molar-refractivity contribution is 7.89. The average molecular weight is 385 g/mol. The van der Waals surface area contributed by atoms with E-state index >= 15 is 0 Å². The van der Waals surface area contributed by atoms with Gasteiger partial charge in [-0.1, -0.05) is 43.2 Å². The van der Waals surface area contributed by atoms with E-state index < -0.39 is 10.0 Å². The Kier molecular flexibility index (Phi) is 5.77. The second kappa shape index (κ2) is 8.06. The molecule has 0 radical (unpaired) electrons. The molecule has 1 heterocycles. The lowest BCUT2D eigenvalue weighted by Crippen LogP contribution is -2.33. The van der Waals surface area contributed by atoms with Crippen molar-refractivity contribution in [1.82, 2.24) is 9.29 Å². The summed E-state index contributed by atoms with van der Waals surface area (Å²) in [6.45, 7) is 4.42. The van der Waals surface area contributed by atoms with Gasteiger partial charge in [0.1, 0.15) is 0 Å². The molecule has 0 bridgehead atoms. The lowest BCUT2D eigenvalue weighted by atomic mass is 10.1. The molecule has 0 saturated carbocycles. The fourth-order valence-corrected chi connectivity index (χ4v) is 4.52. The molecule has 6 heteroatoms. The minimum Gasteiger partial charge on any atom is -0.322 e. The average Bonchev–Trinajstić information content (AvgIpc) is 2.66. The fraction of sp³-hybridized carbons (Fsp3) is 0.286. The van der Waals surface area contributed by atoms with Gasteiger partial charge < -0.3 is 4.98 Å². The lowest BCUT2D eigenvalue weighted by molar-refractivity contribution is 0.397. The molecule has 5 nitrogen and oxygen atoms in total. The monoisotopic (exact) mass is 384 g/mol. The van der Waals surface area contributed by atoms with Crippen LogP contribution in [0, 0.1) is 6.92 Å². The third kappa shape index (κ3) is 4.28. The predicted octanol–water partition coefficient (Wildman–Crippen LogP) is 3.83. The number of sulfonamides is 1. The van der Waals surface area contributed by atoms with Gasteiger partial charge in [0.25, 0.3) is 5.56 Å². The molecular weight excluding hydrogens is 360 g/mol. The highest BCUT2D eigenvalue weighted by atomic mass is 32.2. The third-order valence-corrected chi connectivity index (χ3v) is 6.42. The number of nitrogens with one attached hydrogen (secondary N) is 1.